The molecule has 0 aliphatic carbocycles. The maximum Gasteiger partial charge on any atom is 0.302 e. The molecule has 0 saturated carbocycles. The summed E-state index contributed by atoms with van der Waals surface area (Å²) in [6.45, 7) is 1.68. The molecule has 0 bridgehead atoms. The summed E-state index contributed by atoms with van der Waals surface area (Å²) in [5, 5.41) is 0. The Hall–Kier alpha value is -0.290. The number of ether oxygens (including phenoxy) is 2. The Labute approximate surface area is 74.4 Å². The van der Waals surface area contributed by atoms with Crippen LogP contribution in [0.2, 0.25) is 0 Å². The number of esters is 1. The van der Waals surface area contributed by atoms with Gasteiger partial charge in [-0.2, -0.15) is 0 Å². The molecule has 1 rings (SSSR count). The summed E-state index contributed by atoms with van der Waals surface area (Å²) in [6.07, 6.45) is -0.0450. The second-order valence-corrected chi connectivity index (χ2v) is 3.73. The zero-order valence-electron chi connectivity index (χ0n) is 6.03. The van der Waals surface area contributed by atoms with Crippen LogP contribution in [-0.2, 0) is 14.3 Å². The van der Waals surface area contributed by atoms with Crippen molar-refractivity contribution in [2.75, 3.05) is 12.4 Å². The van der Waals surface area contributed by atoms with Crippen molar-refractivity contribution in [1.29, 1.82) is 0 Å². The van der Waals surface area contributed by atoms with Gasteiger partial charge in [-0.05, 0) is 12.2 Å². The van der Waals surface area contributed by atoms with Gasteiger partial charge in [-0.3, -0.25) is 4.79 Å². The molecular formula is C6H8O3S2. The van der Waals surface area contributed by atoms with Crippen LogP contribution in [0.5, 0.6) is 0 Å². The van der Waals surface area contributed by atoms with Crippen LogP contribution < -0.4 is 0 Å². The van der Waals surface area contributed by atoms with Gasteiger partial charge in [0.1, 0.15) is 12.7 Å². The van der Waals surface area contributed by atoms with E-state index in [0.717, 1.165) is 5.75 Å². The molecule has 0 spiro atoms. The van der Waals surface area contributed by atoms with Gasteiger partial charge < -0.3 is 9.47 Å². The third-order valence-corrected chi connectivity index (χ3v) is 2.44. The van der Waals surface area contributed by atoms with Crippen LogP contribution in [0, 0.1) is 0 Å². The number of thioether (sulfide) groups is 1. The van der Waals surface area contributed by atoms with Gasteiger partial charge in [-0.25, -0.2) is 0 Å². The van der Waals surface area contributed by atoms with E-state index in [1.165, 1.54) is 18.7 Å². The topological polar surface area (TPSA) is 35.5 Å². The van der Waals surface area contributed by atoms with E-state index in [1.807, 2.05) is 0 Å². The maximum absolute atomic E-state index is 10.4. The van der Waals surface area contributed by atoms with Crippen molar-refractivity contribution in [3.05, 3.63) is 0 Å². The smallest absolute Gasteiger partial charge is 0.302 e. The summed E-state index contributed by atoms with van der Waals surface area (Å²) in [4.78, 5) is 10.4. The molecule has 0 amide bonds. The molecular weight excluding hydrogens is 184 g/mol. The summed E-state index contributed by atoms with van der Waals surface area (Å²) in [5.74, 6) is 0.503. The highest BCUT2D eigenvalue weighted by molar-refractivity contribution is 8.22. The summed E-state index contributed by atoms with van der Waals surface area (Å²) < 4.78 is 10.4. The lowest BCUT2D eigenvalue weighted by molar-refractivity contribution is -0.143. The Morgan fingerprint density at radius 1 is 2.00 bits per heavy atom. The molecule has 0 radical (unpaired) electrons. The number of thiocarbonyl (C=S) groups is 1. The predicted molar refractivity (Wildman–Crippen MR) is 46.6 cm³/mol. The Balaban J connectivity index is 2.18. The van der Waals surface area contributed by atoms with Crippen LogP contribution in [0.4, 0.5) is 0 Å². The second kappa shape index (κ2) is 3.92. The molecule has 62 valence electrons. The minimum Gasteiger partial charge on any atom is -0.471 e. The molecule has 11 heavy (non-hydrogen) atoms. The Morgan fingerprint density at radius 2 is 2.73 bits per heavy atom. The SMILES string of the molecule is CC(=O)OCC1CSC(=S)O1. The van der Waals surface area contributed by atoms with E-state index < -0.39 is 0 Å². The lowest BCUT2D eigenvalue weighted by Crippen LogP contribution is -2.19. The van der Waals surface area contributed by atoms with Gasteiger partial charge in [-0.15, -0.1) is 0 Å². The first-order valence-corrected chi connectivity index (χ1v) is 4.54. The lowest BCUT2D eigenvalue weighted by atomic mass is 10.4. The number of carbonyl (C=O) groups excluding carboxylic acids is 1. The first-order valence-electron chi connectivity index (χ1n) is 3.15. The molecule has 1 atom stereocenters. The fraction of sp³-hybridized carbons (Fsp3) is 0.667. The minimum atomic E-state index is -0.281. The van der Waals surface area contributed by atoms with Crippen molar-refractivity contribution in [3.8, 4) is 0 Å². The molecule has 1 aliphatic heterocycles. The summed E-state index contributed by atoms with van der Waals surface area (Å²) in [7, 11) is 0. The molecule has 1 unspecified atom stereocenters. The molecule has 1 aliphatic rings. The summed E-state index contributed by atoms with van der Waals surface area (Å²) in [6, 6.07) is 0. The second-order valence-electron chi connectivity index (χ2n) is 2.10. The van der Waals surface area contributed by atoms with Crippen molar-refractivity contribution in [2.45, 2.75) is 13.0 Å². The van der Waals surface area contributed by atoms with Gasteiger partial charge in [0, 0.05) is 12.7 Å². The van der Waals surface area contributed by atoms with E-state index in [9.17, 15) is 4.79 Å². The first-order chi connectivity index (χ1) is 5.18. The molecule has 0 aromatic heterocycles. The number of hydrogen-bond acceptors (Lipinski definition) is 5. The Morgan fingerprint density at radius 3 is 3.18 bits per heavy atom. The van der Waals surface area contributed by atoms with Crippen molar-refractivity contribution < 1.29 is 14.3 Å². The third-order valence-electron chi connectivity index (χ3n) is 1.12. The largest absolute Gasteiger partial charge is 0.471 e. The summed E-state index contributed by atoms with van der Waals surface area (Å²) >= 11 is 6.25. The number of hydrogen-bond donors (Lipinski definition) is 0. The average Bonchev–Trinajstić information content (AvgIpc) is 2.31. The van der Waals surface area contributed by atoms with E-state index in [2.05, 4.69) is 0 Å². The van der Waals surface area contributed by atoms with Crippen LogP contribution in [-0.4, -0.2) is 28.8 Å². The van der Waals surface area contributed by atoms with E-state index in [1.54, 1.807) is 0 Å². The zero-order valence-corrected chi connectivity index (χ0v) is 7.67. The molecule has 0 aromatic rings. The van der Waals surface area contributed by atoms with Crippen LogP contribution in [0.25, 0.3) is 0 Å². The lowest BCUT2D eigenvalue weighted by Gasteiger charge is -2.07. The van der Waals surface area contributed by atoms with Gasteiger partial charge in [0.05, 0.1) is 0 Å². The molecule has 0 aromatic carbocycles. The van der Waals surface area contributed by atoms with Crippen molar-refractivity contribution in [3.63, 3.8) is 0 Å². The predicted octanol–water partition coefficient (Wildman–Crippen LogP) is 0.966. The van der Waals surface area contributed by atoms with Crippen LogP contribution in [0.3, 0.4) is 0 Å². The van der Waals surface area contributed by atoms with Crippen LogP contribution in [0.15, 0.2) is 0 Å². The van der Waals surface area contributed by atoms with Crippen LogP contribution >= 0.6 is 24.0 Å². The highest BCUT2D eigenvalue weighted by Gasteiger charge is 2.21. The Kier molecular flexibility index (Phi) is 3.14. The third kappa shape index (κ3) is 3.07. The highest BCUT2D eigenvalue weighted by Crippen LogP contribution is 2.19. The fourth-order valence-corrected chi connectivity index (χ4v) is 1.69. The normalized spacial score (nSPS) is 23.0. The molecule has 1 heterocycles. The average molecular weight is 192 g/mol. The van der Waals surface area contributed by atoms with Crippen molar-refractivity contribution in [2.24, 2.45) is 0 Å². The Bertz CT molecular complexity index is 181. The first kappa shape index (κ1) is 8.80. The van der Waals surface area contributed by atoms with Gasteiger partial charge in [0.15, 0.2) is 0 Å². The standard InChI is InChI=1S/C6H8O3S2/c1-4(7)8-2-5-3-11-6(10)9-5/h5H,2-3H2,1H3. The molecule has 3 nitrogen and oxygen atoms in total. The molecule has 1 fully saturated rings. The van der Waals surface area contributed by atoms with Crippen molar-refractivity contribution in [1.82, 2.24) is 0 Å². The van der Waals surface area contributed by atoms with Gasteiger partial charge >= 0.3 is 5.97 Å². The molecule has 1 saturated heterocycles. The number of rotatable bonds is 2. The van der Waals surface area contributed by atoms with Gasteiger partial charge in [0.25, 0.3) is 0 Å². The summed E-state index contributed by atoms with van der Waals surface area (Å²) in [5.41, 5.74) is 0. The van der Waals surface area contributed by atoms with E-state index in [-0.39, 0.29) is 12.1 Å². The monoisotopic (exact) mass is 192 g/mol. The quantitative estimate of drug-likeness (QED) is 0.481. The van der Waals surface area contributed by atoms with Crippen LogP contribution in [0.1, 0.15) is 6.92 Å². The van der Waals surface area contributed by atoms with E-state index >= 15 is 0 Å². The van der Waals surface area contributed by atoms with Crippen molar-refractivity contribution >= 4 is 34.3 Å². The molecule has 0 N–H and O–H groups in total. The maximum atomic E-state index is 10.4. The fourth-order valence-electron chi connectivity index (χ4n) is 0.658. The van der Waals surface area contributed by atoms with E-state index in [4.69, 9.17) is 21.7 Å². The number of carbonyl (C=O) groups is 1. The highest BCUT2D eigenvalue weighted by atomic mass is 32.2. The van der Waals surface area contributed by atoms with Gasteiger partial charge in [0.2, 0.25) is 4.38 Å². The zero-order chi connectivity index (χ0) is 8.27. The molecule has 5 heteroatoms. The van der Waals surface area contributed by atoms with E-state index in [0.29, 0.717) is 11.0 Å². The van der Waals surface area contributed by atoms with Gasteiger partial charge in [-0.1, -0.05) is 11.8 Å². The minimum absolute atomic E-state index is 0.0450.